The summed E-state index contributed by atoms with van der Waals surface area (Å²) in [6.07, 6.45) is 14.6. The van der Waals surface area contributed by atoms with E-state index in [1.165, 1.54) is 31.8 Å². The van der Waals surface area contributed by atoms with Crippen LogP contribution in [-0.4, -0.2) is 131 Å². The fourth-order valence-electron chi connectivity index (χ4n) is 8.44. The standard InChI is InChI=1S/C52H88O19P2/c1-3-5-7-8-9-10-11-12-13-14-15-16-17-18-19-20-21-22-23-28-32-45(56)67-37-40-38-68-73(65,66)71-52-50(61)49(60)47(58)41(31-27-24-25-29-33-46(57)69-40)43(54)36-44(55)42(35-34-39(53)30-26-6-4-2)48(59)51(52)70-72(62,63)64/h10-11,13-14,16-17,24,27,34-35,39-42,44,47-53,55,58-61H,3-9,12,15,18-23,25-26,28-33,36-38H2,1-2H3,(H,65,66)(H2,62,63,64)/b11-10-,14-13-,17-16-,27-24-,35-34+/t39-,40+,41-,42-,44+,47+,48+,49-,50+,51+,52-/m0/s1. The molecule has 21 heteroatoms. The van der Waals surface area contributed by atoms with E-state index in [1.54, 1.807) is 6.08 Å². The van der Waals surface area contributed by atoms with Gasteiger partial charge in [0, 0.05) is 31.1 Å². The van der Waals surface area contributed by atoms with Gasteiger partial charge in [-0.2, -0.15) is 0 Å². The number of esters is 2. The summed E-state index contributed by atoms with van der Waals surface area (Å²) in [5.41, 5.74) is 0. The molecule has 2 bridgehead atoms. The normalized spacial score (nSPS) is 29.7. The van der Waals surface area contributed by atoms with Gasteiger partial charge in [0.2, 0.25) is 0 Å². The van der Waals surface area contributed by atoms with Crippen molar-refractivity contribution in [2.45, 2.75) is 223 Å². The number of carbonyl (C=O) groups excluding carboxylic acids is 3. The number of allylic oxidation sites excluding steroid dienone is 8. The first kappa shape index (κ1) is 66.4. The first-order valence-corrected chi connectivity index (χ1v) is 29.5. The molecule has 0 amide bonds. The highest BCUT2D eigenvalue weighted by Crippen LogP contribution is 2.49. The molecule has 2 rings (SSSR count). The number of rotatable bonds is 28. The zero-order valence-corrected chi connectivity index (χ0v) is 44.8. The second-order valence-corrected chi connectivity index (χ2v) is 21.6. The number of cyclic esters (lactones) is 1. The number of carbonyl (C=O) groups is 3. The number of hydrogen-bond donors (Lipinski definition) is 9. The highest BCUT2D eigenvalue weighted by Gasteiger charge is 2.51. The second-order valence-electron chi connectivity index (χ2n) is 19.0. The van der Waals surface area contributed by atoms with Crippen molar-refractivity contribution in [3.8, 4) is 0 Å². The molecule has 19 nitrogen and oxygen atoms in total. The van der Waals surface area contributed by atoms with Gasteiger partial charge in [-0.25, -0.2) is 9.13 Å². The largest absolute Gasteiger partial charge is 0.472 e. The lowest BCUT2D eigenvalue weighted by Gasteiger charge is -2.38. The molecular weight excluding hydrogens is 991 g/mol. The highest BCUT2D eigenvalue weighted by molar-refractivity contribution is 7.47. The molecule has 1 saturated carbocycles. The SMILES string of the molecule is CCCCCC/C=C\C/C=C\C/C=C\CCCCCCCCC(=O)OC[C@@H]1COP(=O)(O)O[C@H]2[C@H](O)[C@@H](O)[C@H](O)[C@@H](C/C=C\CCCC(=O)O1)C(=O)C[C@@H](O)[C@H](/C=C/[C@@H](O)CCCCC)[C@@H](O)[C@H]2OP(=O)(O)O. The fourth-order valence-corrected chi connectivity index (χ4v) is 9.97. The lowest BCUT2D eigenvalue weighted by molar-refractivity contribution is -0.165. The monoisotopic (exact) mass is 1080 g/mol. The number of Topliss-reactive ketones (excluding diaryl/α,β-unsaturated/α-hetero) is 1. The van der Waals surface area contributed by atoms with E-state index in [4.69, 9.17) is 23.0 Å². The van der Waals surface area contributed by atoms with Crippen molar-refractivity contribution in [3.63, 3.8) is 0 Å². The molecule has 0 aromatic heterocycles. The van der Waals surface area contributed by atoms with Crippen molar-refractivity contribution in [2.24, 2.45) is 11.8 Å². The number of aliphatic hydroxyl groups is 6. The molecule has 1 heterocycles. The first-order chi connectivity index (χ1) is 34.8. The summed E-state index contributed by atoms with van der Waals surface area (Å²) in [5, 5.41) is 68.1. The maximum Gasteiger partial charge on any atom is 0.472 e. The Morgan fingerprint density at radius 2 is 1.41 bits per heavy atom. The Balaban J connectivity index is 2.17. The van der Waals surface area contributed by atoms with Gasteiger partial charge in [-0.3, -0.25) is 28.0 Å². The lowest BCUT2D eigenvalue weighted by atomic mass is 9.84. The van der Waals surface area contributed by atoms with Crippen LogP contribution < -0.4 is 0 Å². The van der Waals surface area contributed by atoms with Gasteiger partial charge in [-0.1, -0.05) is 139 Å². The van der Waals surface area contributed by atoms with E-state index < -0.39 is 120 Å². The van der Waals surface area contributed by atoms with Crippen LogP contribution in [0.3, 0.4) is 0 Å². The third-order valence-corrected chi connectivity index (χ3v) is 14.2. The van der Waals surface area contributed by atoms with Gasteiger partial charge in [0.05, 0.1) is 31.0 Å². The highest BCUT2D eigenvalue weighted by atomic mass is 31.2. The van der Waals surface area contributed by atoms with Gasteiger partial charge in [0.25, 0.3) is 0 Å². The predicted octanol–water partition coefficient (Wildman–Crippen LogP) is 7.60. The number of ketones is 1. The van der Waals surface area contributed by atoms with Gasteiger partial charge < -0.3 is 54.8 Å². The minimum absolute atomic E-state index is 0.0344. The molecule has 73 heavy (non-hydrogen) atoms. The quantitative estimate of drug-likeness (QED) is 0.0158. The molecule has 0 aromatic rings. The Bertz CT molecular complexity index is 1800. The van der Waals surface area contributed by atoms with Crippen LogP contribution in [0, 0.1) is 11.8 Å². The third-order valence-electron chi connectivity index (χ3n) is 12.7. The van der Waals surface area contributed by atoms with E-state index in [1.807, 2.05) is 6.92 Å². The van der Waals surface area contributed by atoms with E-state index in [-0.39, 0.29) is 38.5 Å². The number of phosphoric ester groups is 2. The lowest BCUT2D eigenvalue weighted by Crippen LogP contribution is -2.56. The van der Waals surface area contributed by atoms with E-state index in [0.717, 1.165) is 82.8 Å². The van der Waals surface area contributed by atoms with Crippen molar-refractivity contribution < 1.29 is 91.9 Å². The maximum absolute atomic E-state index is 13.7. The molecular formula is C52H88O19P2. The molecule has 2 aliphatic rings. The average molecular weight is 1080 g/mol. The number of unbranched alkanes of at least 4 members (excludes halogenated alkanes) is 12. The minimum atomic E-state index is -5.79. The molecule has 0 aromatic carbocycles. The molecule has 1 aliphatic carbocycles. The summed E-state index contributed by atoms with van der Waals surface area (Å²) in [6, 6.07) is 0. The summed E-state index contributed by atoms with van der Waals surface area (Å²) in [4.78, 5) is 70.5. The Morgan fingerprint density at radius 1 is 0.808 bits per heavy atom. The topological polar surface area (TPSA) is 314 Å². The Labute approximate surface area is 432 Å². The van der Waals surface area contributed by atoms with Gasteiger partial charge in [-0.05, 0) is 70.6 Å². The summed E-state index contributed by atoms with van der Waals surface area (Å²) < 4.78 is 52.2. The van der Waals surface area contributed by atoms with E-state index in [2.05, 4.69) is 43.4 Å². The van der Waals surface area contributed by atoms with Crippen LogP contribution in [0.25, 0.3) is 0 Å². The zero-order chi connectivity index (χ0) is 54.1. The molecule has 1 aliphatic heterocycles. The Morgan fingerprint density at radius 3 is 2.05 bits per heavy atom. The average Bonchev–Trinajstić information content (AvgIpc) is 3.33. The van der Waals surface area contributed by atoms with E-state index in [9.17, 15) is 68.8 Å². The van der Waals surface area contributed by atoms with E-state index >= 15 is 0 Å². The summed E-state index contributed by atoms with van der Waals surface area (Å²) in [7, 11) is -11.5. The van der Waals surface area contributed by atoms with Crippen molar-refractivity contribution >= 4 is 33.4 Å². The van der Waals surface area contributed by atoms with Crippen LogP contribution in [0.4, 0.5) is 0 Å². The zero-order valence-electron chi connectivity index (χ0n) is 43.0. The van der Waals surface area contributed by atoms with Crippen LogP contribution in [0.1, 0.15) is 168 Å². The molecule has 1 fully saturated rings. The van der Waals surface area contributed by atoms with Crippen molar-refractivity contribution in [2.75, 3.05) is 13.2 Å². The number of phosphoric acid groups is 2. The number of fused-ring (bicyclic) bond motifs is 4. The van der Waals surface area contributed by atoms with E-state index in [0.29, 0.717) is 12.8 Å². The second kappa shape index (κ2) is 37.9. The first-order valence-electron chi connectivity index (χ1n) is 26.4. The van der Waals surface area contributed by atoms with Crippen molar-refractivity contribution in [1.82, 2.24) is 0 Å². The molecule has 12 atom stereocenters. The molecule has 1 unspecified atom stereocenters. The molecule has 0 spiro atoms. The van der Waals surface area contributed by atoms with Crippen molar-refractivity contribution in [1.29, 1.82) is 0 Å². The maximum atomic E-state index is 13.7. The number of hydrogen-bond acceptors (Lipinski definition) is 16. The van der Waals surface area contributed by atoms with Gasteiger partial charge >= 0.3 is 27.6 Å². The summed E-state index contributed by atoms with van der Waals surface area (Å²) >= 11 is 0. The smallest absolute Gasteiger partial charge is 0.462 e. The van der Waals surface area contributed by atoms with Crippen LogP contribution in [0.5, 0.6) is 0 Å². The summed E-state index contributed by atoms with van der Waals surface area (Å²) in [6.45, 7) is 2.53. The van der Waals surface area contributed by atoms with Gasteiger partial charge in [0.15, 0.2) is 6.10 Å². The molecule has 0 radical (unpaired) electrons. The Kier molecular flexibility index (Phi) is 34.5. The van der Waals surface area contributed by atoms with Crippen LogP contribution in [-0.2, 0) is 46.6 Å². The number of ether oxygens (including phenoxy) is 2. The summed E-state index contributed by atoms with van der Waals surface area (Å²) in [5.74, 6) is -5.68. The van der Waals surface area contributed by atoms with Gasteiger partial charge in [-0.15, -0.1) is 0 Å². The van der Waals surface area contributed by atoms with Crippen LogP contribution in [0.2, 0.25) is 0 Å². The van der Waals surface area contributed by atoms with Crippen LogP contribution in [0.15, 0.2) is 60.8 Å². The number of aliphatic hydroxyl groups excluding tert-OH is 6. The molecule has 9 N–H and O–H groups in total. The van der Waals surface area contributed by atoms with Crippen molar-refractivity contribution in [3.05, 3.63) is 60.8 Å². The van der Waals surface area contributed by atoms with Gasteiger partial charge in [0.1, 0.15) is 36.8 Å². The van der Waals surface area contributed by atoms with Crippen LogP contribution >= 0.6 is 15.6 Å². The Hall–Kier alpha value is -2.71. The molecule has 0 saturated heterocycles. The predicted molar refractivity (Wildman–Crippen MR) is 274 cm³/mol. The fraction of sp³-hybridized carbons (Fsp3) is 0.750. The molecule has 420 valence electrons. The third kappa shape index (κ3) is 29.4. The minimum Gasteiger partial charge on any atom is -0.462 e.